The highest BCUT2D eigenvalue weighted by Gasteiger charge is 2.31. The molecule has 13 nitrogen and oxygen atoms in total. The summed E-state index contributed by atoms with van der Waals surface area (Å²) in [6.07, 6.45) is 1.84. The molecule has 32 heavy (non-hydrogen) atoms. The largest absolute Gasteiger partial charge is 0.395 e. The summed E-state index contributed by atoms with van der Waals surface area (Å²) in [6.45, 7) is 1.27. The van der Waals surface area contributed by atoms with Crippen LogP contribution in [0.2, 0.25) is 0 Å². The molecule has 1 aromatic carbocycles. The number of nitro groups is 2. The molecule has 178 valence electrons. The minimum Gasteiger partial charge on any atom is -0.395 e. The summed E-state index contributed by atoms with van der Waals surface area (Å²) in [5, 5.41) is 44.2. The minimum absolute atomic E-state index is 0.0363. The number of aliphatic hydroxyl groups excluding tert-OH is 2. The van der Waals surface area contributed by atoms with E-state index in [0.717, 1.165) is 31.4 Å². The highest BCUT2D eigenvalue weighted by atomic mass is 16.7. The number of hydrogen-bond acceptors (Lipinski definition) is 10. The van der Waals surface area contributed by atoms with E-state index in [-0.39, 0.29) is 37.2 Å². The molecule has 1 aliphatic rings. The molecule has 0 saturated carbocycles. The number of amides is 1. The zero-order valence-electron chi connectivity index (χ0n) is 17.8. The topological polar surface area (TPSA) is 178 Å². The number of benzene rings is 1. The number of carbonyl (C=O) groups is 1. The van der Waals surface area contributed by atoms with E-state index < -0.39 is 46.4 Å². The van der Waals surface area contributed by atoms with Crippen molar-refractivity contribution in [1.82, 2.24) is 5.32 Å². The Morgan fingerprint density at radius 2 is 1.94 bits per heavy atom. The number of aliphatic hydroxyl groups is 2. The maximum atomic E-state index is 12.9. The molecule has 3 N–H and O–H groups in total. The van der Waals surface area contributed by atoms with E-state index in [4.69, 9.17) is 9.47 Å². The average Bonchev–Trinajstić information content (AvgIpc) is 2.77. The normalized spacial score (nSPS) is 16.9. The molecule has 0 bridgehead atoms. The summed E-state index contributed by atoms with van der Waals surface area (Å²) < 4.78 is 11.2. The van der Waals surface area contributed by atoms with Crippen molar-refractivity contribution < 1.29 is 34.3 Å². The smallest absolute Gasteiger partial charge is 0.300 e. The number of rotatable bonds is 12. The Morgan fingerprint density at radius 1 is 1.25 bits per heavy atom. The monoisotopic (exact) mass is 456 g/mol. The number of nitrogens with zero attached hydrogens (tertiary/aromatic N) is 3. The van der Waals surface area contributed by atoms with Crippen LogP contribution in [0.5, 0.6) is 0 Å². The summed E-state index contributed by atoms with van der Waals surface area (Å²) >= 11 is 0. The summed E-state index contributed by atoms with van der Waals surface area (Å²) in [7, 11) is 0. The van der Waals surface area contributed by atoms with Crippen LogP contribution in [0.25, 0.3) is 0 Å². The van der Waals surface area contributed by atoms with E-state index >= 15 is 0 Å². The van der Waals surface area contributed by atoms with Gasteiger partial charge in [-0.2, -0.15) is 0 Å². The standard InChI is InChI=1S/C19H28N4O9/c1-13(32-17-4-2-3-9-31-17)12-20-19(26)15-10-14(22(27)28)11-16(23(29)30)18(15)21(5-7-24)6-8-25/h10-11,13,17,24-25H,2-9,12H2,1H3,(H,20,26). The maximum Gasteiger partial charge on any atom is 0.300 e. The molecule has 2 rings (SSSR count). The lowest BCUT2D eigenvalue weighted by Gasteiger charge is -2.27. The molecule has 2 atom stereocenters. The first-order valence-electron chi connectivity index (χ1n) is 10.3. The van der Waals surface area contributed by atoms with Crippen molar-refractivity contribution in [2.75, 3.05) is 44.4 Å². The summed E-state index contributed by atoms with van der Waals surface area (Å²) in [5.74, 6) is -0.785. The van der Waals surface area contributed by atoms with Gasteiger partial charge in [0.05, 0.1) is 40.8 Å². The second kappa shape index (κ2) is 12.2. The van der Waals surface area contributed by atoms with Crippen LogP contribution in [0.15, 0.2) is 12.1 Å². The number of hydrogen-bond donors (Lipinski definition) is 3. The van der Waals surface area contributed by atoms with Crippen LogP contribution in [-0.4, -0.2) is 77.8 Å². The van der Waals surface area contributed by atoms with Gasteiger partial charge < -0.3 is 29.9 Å². The Kier molecular flexibility index (Phi) is 9.71. The van der Waals surface area contributed by atoms with Crippen LogP contribution in [0.1, 0.15) is 36.5 Å². The highest BCUT2D eigenvalue weighted by Crippen LogP contribution is 2.36. The minimum atomic E-state index is -0.840. The van der Waals surface area contributed by atoms with Gasteiger partial charge in [-0.3, -0.25) is 25.0 Å². The molecule has 1 aromatic rings. The first-order valence-corrected chi connectivity index (χ1v) is 10.3. The van der Waals surface area contributed by atoms with Gasteiger partial charge in [0.25, 0.3) is 17.3 Å². The molecule has 0 radical (unpaired) electrons. The first-order chi connectivity index (χ1) is 15.3. The van der Waals surface area contributed by atoms with Gasteiger partial charge in [-0.25, -0.2) is 0 Å². The Hall–Kier alpha value is -2.87. The maximum absolute atomic E-state index is 12.9. The van der Waals surface area contributed by atoms with E-state index in [2.05, 4.69) is 5.32 Å². The van der Waals surface area contributed by atoms with E-state index in [1.54, 1.807) is 6.92 Å². The van der Waals surface area contributed by atoms with Crippen molar-refractivity contribution in [2.24, 2.45) is 0 Å². The molecule has 1 fully saturated rings. The van der Waals surface area contributed by atoms with Crippen LogP contribution < -0.4 is 10.2 Å². The number of carbonyl (C=O) groups excluding carboxylic acids is 1. The number of nitro benzene ring substituents is 2. The molecular formula is C19H28N4O9. The van der Waals surface area contributed by atoms with E-state index in [0.29, 0.717) is 6.61 Å². The fourth-order valence-electron chi connectivity index (χ4n) is 3.39. The zero-order chi connectivity index (χ0) is 23.7. The summed E-state index contributed by atoms with van der Waals surface area (Å²) in [5.41, 5.74) is -1.83. The molecule has 0 spiro atoms. The third-order valence-corrected chi connectivity index (χ3v) is 4.85. The van der Waals surface area contributed by atoms with Gasteiger partial charge in [-0.05, 0) is 26.2 Å². The number of anilines is 1. The van der Waals surface area contributed by atoms with E-state index in [1.165, 1.54) is 4.90 Å². The third-order valence-electron chi connectivity index (χ3n) is 4.85. The van der Waals surface area contributed by atoms with Gasteiger partial charge in [0, 0.05) is 32.3 Å². The lowest BCUT2D eigenvalue weighted by Crippen LogP contribution is -2.37. The van der Waals surface area contributed by atoms with E-state index in [9.17, 15) is 35.2 Å². The molecule has 0 aliphatic carbocycles. The van der Waals surface area contributed by atoms with Crippen molar-refractivity contribution in [1.29, 1.82) is 0 Å². The Balaban J connectivity index is 2.32. The predicted molar refractivity (Wildman–Crippen MR) is 113 cm³/mol. The summed E-state index contributed by atoms with van der Waals surface area (Å²) in [6, 6.07) is 1.69. The Labute approximate surface area is 184 Å². The first kappa shape index (κ1) is 25.4. The van der Waals surface area contributed by atoms with Crippen LogP contribution in [0, 0.1) is 20.2 Å². The van der Waals surface area contributed by atoms with Gasteiger partial charge in [-0.1, -0.05) is 0 Å². The Morgan fingerprint density at radius 3 is 2.47 bits per heavy atom. The van der Waals surface area contributed by atoms with Gasteiger partial charge in [0.1, 0.15) is 5.69 Å². The Bertz CT molecular complexity index is 808. The second-order valence-electron chi connectivity index (χ2n) is 7.26. The quantitative estimate of drug-likeness (QED) is 0.303. The van der Waals surface area contributed by atoms with Crippen molar-refractivity contribution in [3.05, 3.63) is 37.9 Å². The number of ether oxygens (including phenoxy) is 2. The van der Waals surface area contributed by atoms with Crippen LogP contribution in [0.4, 0.5) is 17.1 Å². The molecule has 1 heterocycles. The van der Waals surface area contributed by atoms with Crippen LogP contribution in [-0.2, 0) is 9.47 Å². The molecule has 2 unspecified atom stereocenters. The molecule has 13 heteroatoms. The van der Waals surface area contributed by atoms with Gasteiger partial charge in [0.15, 0.2) is 6.29 Å². The molecule has 0 aromatic heterocycles. The fourth-order valence-corrected chi connectivity index (χ4v) is 3.39. The van der Waals surface area contributed by atoms with Crippen LogP contribution in [0.3, 0.4) is 0 Å². The summed E-state index contributed by atoms with van der Waals surface area (Å²) in [4.78, 5) is 35.4. The number of non-ortho nitro benzene ring substituents is 1. The third kappa shape index (κ3) is 6.82. The fraction of sp³-hybridized carbons (Fsp3) is 0.632. The van der Waals surface area contributed by atoms with Crippen molar-refractivity contribution >= 4 is 23.0 Å². The van der Waals surface area contributed by atoms with Gasteiger partial charge >= 0.3 is 0 Å². The molecular weight excluding hydrogens is 428 g/mol. The van der Waals surface area contributed by atoms with E-state index in [1.807, 2.05) is 0 Å². The molecule has 1 saturated heterocycles. The average molecular weight is 456 g/mol. The predicted octanol–water partition coefficient (Wildman–Crippen LogP) is 0.955. The molecule has 1 aliphatic heterocycles. The number of nitrogens with one attached hydrogen (secondary N) is 1. The highest BCUT2D eigenvalue weighted by molar-refractivity contribution is 6.02. The lowest BCUT2D eigenvalue weighted by atomic mass is 10.1. The lowest BCUT2D eigenvalue weighted by molar-refractivity contribution is -0.393. The second-order valence-corrected chi connectivity index (χ2v) is 7.26. The van der Waals surface area contributed by atoms with Gasteiger partial charge in [0.2, 0.25) is 0 Å². The molecule has 1 amide bonds. The van der Waals surface area contributed by atoms with Crippen LogP contribution >= 0.6 is 0 Å². The SMILES string of the molecule is CC(CNC(=O)c1cc([N+](=O)[O-])cc([N+](=O)[O-])c1N(CCO)CCO)OC1CCCCO1. The van der Waals surface area contributed by atoms with Gasteiger partial charge in [-0.15, -0.1) is 0 Å². The zero-order valence-corrected chi connectivity index (χ0v) is 17.8. The van der Waals surface area contributed by atoms with Crippen molar-refractivity contribution in [3.8, 4) is 0 Å². The van der Waals surface area contributed by atoms with Crippen molar-refractivity contribution in [3.63, 3.8) is 0 Å². The van der Waals surface area contributed by atoms with Crippen molar-refractivity contribution in [2.45, 2.75) is 38.6 Å².